The lowest BCUT2D eigenvalue weighted by molar-refractivity contribution is 0.737. The zero-order valence-corrected chi connectivity index (χ0v) is 12.6. The second-order valence-electron chi connectivity index (χ2n) is 5.38. The van der Waals surface area contributed by atoms with E-state index in [1.165, 1.54) is 22.5 Å². The van der Waals surface area contributed by atoms with Crippen LogP contribution in [0.5, 0.6) is 0 Å². The maximum Gasteiger partial charge on any atom is 0.0440 e. The minimum Gasteiger partial charge on any atom is -0.342 e. The summed E-state index contributed by atoms with van der Waals surface area (Å²) >= 11 is 0. The maximum atomic E-state index is 5.88. The summed E-state index contributed by atoms with van der Waals surface area (Å²) in [5, 5.41) is 0. The SMILES string of the molecule is CCN(c1ccccc1)c1ccc(CC(C)N)cc1C. The molecule has 0 radical (unpaired) electrons. The molecule has 0 spiro atoms. The fraction of sp³-hybridized carbons (Fsp3) is 0.333. The molecule has 0 amide bonds. The second-order valence-corrected chi connectivity index (χ2v) is 5.38. The molecule has 0 aliphatic rings. The summed E-state index contributed by atoms with van der Waals surface area (Å²) in [5.41, 5.74) is 11.0. The number of nitrogens with zero attached hydrogens (tertiary/aromatic N) is 1. The maximum absolute atomic E-state index is 5.88. The van der Waals surface area contributed by atoms with Gasteiger partial charge in [-0.05, 0) is 56.5 Å². The molecule has 0 bridgehead atoms. The third kappa shape index (κ3) is 3.40. The van der Waals surface area contributed by atoms with Gasteiger partial charge in [-0.1, -0.05) is 30.3 Å². The van der Waals surface area contributed by atoms with Crippen molar-refractivity contribution in [1.82, 2.24) is 0 Å². The fourth-order valence-electron chi connectivity index (χ4n) is 2.62. The third-order valence-corrected chi connectivity index (χ3v) is 3.49. The molecule has 0 saturated heterocycles. The molecule has 0 aliphatic carbocycles. The fourth-order valence-corrected chi connectivity index (χ4v) is 2.62. The first-order valence-corrected chi connectivity index (χ1v) is 7.29. The Balaban J connectivity index is 2.31. The minimum absolute atomic E-state index is 0.205. The first kappa shape index (κ1) is 14.6. The van der Waals surface area contributed by atoms with Crippen molar-refractivity contribution >= 4 is 11.4 Å². The number of anilines is 2. The number of benzene rings is 2. The van der Waals surface area contributed by atoms with E-state index in [2.05, 4.69) is 67.3 Å². The van der Waals surface area contributed by atoms with Crippen molar-refractivity contribution in [3.05, 3.63) is 59.7 Å². The first-order chi connectivity index (χ1) is 9.61. The van der Waals surface area contributed by atoms with Gasteiger partial charge in [0.25, 0.3) is 0 Å². The van der Waals surface area contributed by atoms with Crippen LogP contribution in [0.4, 0.5) is 11.4 Å². The molecule has 2 N–H and O–H groups in total. The van der Waals surface area contributed by atoms with Crippen molar-refractivity contribution in [3.63, 3.8) is 0 Å². The van der Waals surface area contributed by atoms with Gasteiger partial charge in [-0.2, -0.15) is 0 Å². The third-order valence-electron chi connectivity index (χ3n) is 3.49. The standard InChI is InChI=1S/C18H24N2/c1-4-20(17-8-6-5-7-9-17)18-11-10-16(12-14(18)2)13-15(3)19/h5-12,15H,4,13,19H2,1-3H3. The van der Waals surface area contributed by atoms with Crippen LogP contribution >= 0.6 is 0 Å². The van der Waals surface area contributed by atoms with E-state index in [9.17, 15) is 0 Å². The Labute approximate surface area is 122 Å². The van der Waals surface area contributed by atoms with Crippen molar-refractivity contribution in [2.75, 3.05) is 11.4 Å². The molecular formula is C18H24N2. The van der Waals surface area contributed by atoms with E-state index in [0.717, 1.165) is 13.0 Å². The summed E-state index contributed by atoms with van der Waals surface area (Å²) in [7, 11) is 0. The van der Waals surface area contributed by atoms with Crippen LogP contribution in [0.3, 0.4) is 0 Å². The summed E-state index contributed by atoms with van der Waals surface area (Å²) in [5.74, 6) is 0. The van der Waals surface area contributed by atoms with Crippen molar-refractivity contribution in [3.8, 4) is 0 Å². The topological polar surface area (TPSA) is 29.3 Å². The molecule has 0 heterocycles. The summed E-state index contributed by atoms with van der Waals surface area (Å²) in [4.78, 5) is 2.34. The number of rotatable bonds is 5. The van der Waals surface area contributed by atoms with E-state index in [1.54, 1.807) is 0 Å². The van der Waals surface area contributed by atoms with Crippen molar-refractivity contribution in [1.29, 1.82) is 0 Å². The number of para-hydroxylation sites is 1. The largest absolute Gasteiger partial charge is 0.342 e. The summed E-state index contributed by atoms with van der Waals surface area (Å²) < 4.78 is 0. The minimum atomic E-state index is 0.205. The van der Waals surface area contributed by atoms with Crippen LogP contribution in [0.15, 0.2) is 48.5 Å². The van der Waals surface area contributed by atoms with Gasteiger partial charge in [0.15, 0.2) is 0 Å². The van der Waals surface area contributed by atoms with Crippen molar-refractivity contribution < 1.29 is 0 Å². The lowest BCUT2D eigenvalue weighted by atomic mass is 10.0. The van der Waals surface area contributed by atoms with E-state index in [4.69, 9.17) is 5.73 Å². The Morgan fingerprint density at radius 2 is 1.80 bits per heavy atom. The molecule has 0 aliphatic heterocycles. The average Bonchev–Trinajstić information content (AvgIpc) is 2.42. The van der Waals surface area contributed by atoms with E-state index in [1.807, 2.05) is 6.92 Å². The lowest BCUT2D eigenvalue weighted by Crippen LogP contribution is -2.19. The quantitative estimate of drug-likeness (QED) is 0.886. The smallest absolute Gasteiger partial charge is 0.0440 e. The summed E-state index contributed by atoms with van der Waals surface area (Å²) in [6, 6.07) is 17.4. The number of hydrogen-bond donors (Lipinski definition) is 1. The van der Waals surface area contributed by atoms with Gasteiger partial charge in [0.2, 0.25) is 0 Å². The molecule has 2 rings (SSSR count). The highest BCUT2D eigenvalue weighted by Crippen LogP contribution is 2.28. The van der Waals surface area contributed by atoms with E-state index >= 15 is 0 Å². The Kier molecular flexibility index (Phi) is 4.80. The molecule has 0 saturated carbocycles. The molecule has 106 valence electrons. The van der Waals surface area contributed by atoms with Gasteiger partial charge in [-0.25, -0.2) is 0 Å². The Bertz CT molecular complexity index is 547. The Morgan fingerprint density at radius 3 is 2.35 bits per heavy atom. The molecular weight excluding hydrogens is 244 g/mol. The molecule has 0 aromatic heterocycles. The van der Waals surface area contributed by atoms with Crippen LogP contribution in [0.1, 0.15) is 25.0 Å². The number of hydrogen-bond acceptors (Lipinski definition) is 2. The zero-order chi connectivity index (χ0) is 14.5. The Morgan fingerprint density at radius 1 is 1.10 bits per heavy atom. The van der Waals surface area contributed by atoms with Crippen molar-refractivity contribution in [2.24, 2.45) is 5.73 Å². The zero-order valence-electron chi connectivity index (χ0n) is 12.6. The number of nitrogens with two attached hydrogens (primary N) is 1. The number of aryl methyl sites for hydroxylation is 1. The van der Waals surface area contributed by atoms with Gasteiger partial charge < -0.3 is 10.6 Å². The predicted octanol–water partition coefficient (Wildman–Crippen LogP) is 4.04. The lowest BCUT2D eigenvalue weighted by Gasteiger charge is -2.25. The van der Waals surface area contributed by atoms with Crippen LogP contribution in [0, 0.1) is 6.92 Å². The molecule has 0 fully saturated rings. The van der Waals surface area contributed by atoms with Crippen LogP contribution in [0.2, 0.25) is 0 Å². The molecule has 2 nitrogen and oxygen atoms in total. The van der Waals surface area contributed by atoms with E-state index in [-0.39, 0.29) is 6.04 Å². The molecule has 2 heteroatoms. The molecule has 1 unspecified atom stereocenters. The normalized spacial score (nSPS) is 12.2. The highest BCUT2D eigenvalue weighted by Gasteiger charge is 2.10. The second kappa shape index (κ2) is 6.58. The summed E-state index contributed by atoms with van der Waals surface area (Å²) in [6.45, 7) is 7.36. The van der Waals surface area contributed by atoms with Crippen LogP contribution in [-0.2, 0) is 6.42 Å². The van der Waals surface area contributed by atoms with Gasteiger partial charge in [-0.15, -0.1) is 0 Å². The Hall–Kier alpha value is -1.80. The van der Waals surface area contributed by atoms with Crippen molar-refractivity contribution in [2.45, 2.75) is 33.2 Å². The van der Waals surface area contributed by atoms with E-state index < -0.39 is 0 Å². The average molecular weight is 268 g/mol. The summed E-state index contributed by atoms with van der Waals surface area (Å²) in [6.07, 6.45) is 0.929. The highest BCUT2D eigenvalue weighted by molar-refractivity contribution is 5.66. The van der Waals surface area contributed by atoms with Crippen LogP contribution in [-0.4, -0.2) is 12.6 Å². The first-order valence-electron chi connectivity index (χ1n) is 7.29. The molecule has 20 heavy (non-hydrogen) atoms. The van der Waals surface area contributed by atoms with Gasteiger partial charge in [0.1, 0.15) is 0 Å². The van der Waals surface area contributed by atoms with Crippen LogP contribution in [0.25, 0.3) is 0 Å². The van der Waals surface area contributed by atoms with Gasteiger partial charge in [-0.3, -0.25) is 0 Å². The van der Waals surface area contributed by atoms with Gasteiger partial charge >= 0.3 is 0 Å². The van der Waals surface area contributed by atoms with Crippen LogP contribution < -0.4 is 10.6 Å². The van der Waals surface area contributed by atoms with Gasteiger partial charge in [0, 0.05) is 24.0 Å². The molecule has 2 aromatic carbocycles. The molecule has 2 aromatic rings. The monoisotopic (exact) mass is 268 g/mol. The predicted molar refractivity (Wildman–Crippen MR) is 87.7 cm³/mol. The van der Waals surface area contributed by atoms with E-state index in [0.29, 0.717) is 0 Å². The molecule has 1 atom stereocenters. The van der Waals surface area contributed by atoms with Gasteiger partial charge in [0.05, 0.1) is 0 Å². The highest BCUT2D eigenvalue weighted by atomic mass is 15.1.